The molecule has 0 aromatic heterocycles. The van der Waals surface area contributed by atoms with Crippen LogP contribution in [0.3, 0.4) is 0 Å². The van der Waals surface area contributed by atoms with Crippen molar-refractivity contribution in [1.29, 1.82) is 0 Å². The number of hydrogen-bond donors (Lipinski definition) is 3. The third-order valence-electron chi connectivity index (χ3n) is 11.8. The minimum Gasteiger partial charge on any atom is -0.348 e. The van der Waals surface area contributed by atoms with Gasteiger partial charge in [-0.1, -0.05) is 87.5 Å². The van der Waals surface area contributed by atoms with Crippen LogP contribution in [-0.2, 0) is 40.2 Å². The first-order valence-electron chi connectivity index (χ1n) is 18.6. The summed E-state index contributed by atoms with van der Waals surface area (Å²) in [4.78, 5) is 45.6. The number of aryl methyl sites for hydroxylation is 2. The maximum atomic E-state index is 14.1. The van der Waals surface area contributed by atoms with Crippen LogP contribution in [-0.4, -0.2) is 59.2 Å². The number of nitrogens with one attached hydrogen (secondary N) is 2. The number of nitrogens with two attached hydrogens (primary N) is 1. The molecule has 2 aliphatic heterocycles. The Labute approximate surface area is 297 Å². The molecule has 0 saturated carbocycles. The molecule has 0 radical (unpaired) electrons. The number of likely N-dealkylation sites (N-methyl/N-ethyl adjacent to an activating group) is 1. The van der Waals surface area contributed by atoms with Crippen molar-refractivity contribution in [2.24, 2.45) is 11.1 Å². The second kappa shape index (κ2) is 14.0. The van der Waals surface area contributed by atoms with E-state index in [0.29, 0.717) is 25.9 Å². The molecule has 3 aromatic carbocycles. The zero-order valence-corrected chi connectivity index (χ0v) is 30.1. The van der Waals surface area contributed by atoms with Crippen molar-refractivity contribution < 1.29 is 14.4 Å². The lowest BCUT2D eigenvalue weighted by atomic mass is 9.86. The number of carbonyl (C=O) groups excluding carboxylic acids is 3. The lowest BCUT2D eigenvalue weighted by Crippen LogP contribution is -2.55. The molecular weight excluding hydrogens is 622 g/mol. The van der Waals surface area contributed by atoms with Crippen LogP contribution in [0.4, 0.5) is 0 Å². The summed E-state index contributed by atoms with van der Waals surface area (Å²) in [5.74, 6) is -0.186. The summed E-state index contributed by atoms with van der Waals surface area (Å²) in [6.07, 6.45) is 7.24. The van der Waals surface area contributed by atoms with Crippen LogP contribution in [0.2, 0.25) is 0 Å². The quantitative estimate of drug-likeness (QED) is 0.321. The van der Waals surface area contributed by atoms with Crippen LogP contribution in [0.1, 0.15) is 110 Å². The molecule has 6 atom stereocenters. The summed E-state index contributed by atoms with van der Waals surface area (Å²) >= 11 is 0. The molecule has 8 nitrogen and oxygen atoms in total. The molecule has 3 amide bonds. The van der Waals surface area contributed by atoms with Gasteiger partial charge in [0.05, 0.1) is 24.2 Å². The van der Waals surface area contributed by atoms with Gasteiger partial charge in [0, 0.05) is 19.0 Å². The van der Waals surface area contributed by atoms with Gasteiger partial charge in [0.15, 0.2) is 0 Å². The van der Waals surface area contributed by atoms with E-state index in [1.54, 1.807) is 4.90 Å². The number of fused-ring (bicyclic) bond motifs is 3. The van der Waals surface area contributed by atoms with E-state index in [0.717, 1.165) is 44.1 Å². The summed E-state index contributed by atoms with van der Waals surface area (Å²) in [5.41, 5.74) is 14.7. The molecule has 1 saturated heterocycles. The molecule has 0 spiro atoms. The topological polar surface area (TPSA) is 108 Å². The Kier molecular flexibility index (Phi) is 9.61. The molecule has 1 fully saturated rings. The molecule has 7 rings (SSSR count). The first-order valence-corrected chi connectivity index (χ1v) is 18.6. The number of amides is 3. The number of nitrogens with zero attached hydrogens (tertiary/aromatic N) is 2. The number of benzene rings is 3. The fourth-order valence-corrected chi connectivity index (χ4v) is 8.74. The average Bonchev–Trinajstić information content (AvgIpc) is 3.56. The molecule has 0 bridgehead atoms. The van der Waals surface area contributed by atoms with E-state index in [1.165, 1.54) is 33.4 Å². The molecule has 264 valence electrons. The highest BCUT2D eigenvalue weighted by Gasteiger charge is 2.44. The zero-order chi connectivity index (χ0) is 35.2. The summed E-state index contributed by atoms with van der Waals surface area (Å²) in [5, 5.41) is 6.72. The Morgan fingerprint density at radius 1 is 0.780 bits per heavy atom. The van der Waals surface area contributed by atoms with E-state index in [1.807, 2.05) is 33.9 Å². The Balaban J connectivity index is 1.08. The summed E-state index contributed by atoms with van der Waals surface area (Å²) in [6, 6.07) is 21.8. The molecule has 2 heterocycles. The van der Waals surface area contributed by atoms with Crippen molar-refractivity contribution in [3.63, 3.8) is 0 Å². The van der Waals surface area contributed by atoms with E-state index >= 15 is 0 Å². The van der Waals surface area contributed by atoms with E-state index in [2.05, 4.69) is 76.2 Å². The van der Waals surface area contributed by atoms with E-state index in [4.69, 9.17) is 5.73 Å². The van der Waals surface area contributed by atoms with Crippen molar-refractivity contribution in [3.8, 4) is 0 Å². The van der Waals surface area contributed by atoms with Gasteiger partial charge in [-0.25, -0.2) is 0 Å². The van der Waals surface area contributed by atoms with Crippen molar-refractivity contribution in [3.05, 3.63) is 106 Å². The third-order valence-corrected chi connectivity index (χ3v) is 11.8. The van der Waals surface area contributed by atoms with Gasteiger partial charge in [-0.2, -0.15) is 0 Å². The second-order valence-corrected chi connectivity index (χ2v) is 16.3. The predicted octanol–water partition coefficient (Wildman–Crippen LogP) is 5.49. The van der Waals surface area contributed by atoms with Gasteiger partial charge >= 0.3 is 0 Å². The highest BCUT2D eigenvalue weighted by molar-refractivity contribution is 5.91. The monoisotopic (exact) mass is 675 g/mol. The lowest BCUT2D eigenvalue weighted by Gasteiger charge is -2.35. The first-order chi connectivity index (χ1) is 24.0. The van der Waals surface area contributed by atoms with Crippen LogP contribution >= 0.6 is 0 Å². The Hall–Kier alpha value is -4.01. The summed E-state index contributed by atoms with van der Waals surface area (Å²) < 4.78 is 0. The van der Waals surface area contributed by atoms with E-state index < -0.39 is 17.5 Å². The minimum absolute atomic E-state index is 0.00325. The van der Waals surface area contributed by atoms with Gasteiger partial charge in [0.2, 0.25) is 17.7 Å². The third kappa shape index (κ3) is 6.84. The molecule has 4 N–H and O–H groups in total. The Morgan fingerprint density at radius 3 is 1.96 bits per heavy atom. The molecule has 8 heteroatoms. The fraction of sp³-hybridized carbons (Fsp3) is 0.500. The average molecular weight is 676 g/mol. The second-order valence-electron chi connectivity index (χ2n) is 16.3. The smallest absolute Gasteiger partial charge is 0.243 e. The van der Waals surface area contributed by atoms with E-state index in [-0.39, 0.29) is 41.8 Å². The molecule has 2 aliphatic carbocycles. The summed E-state index contributed by atoms with van der Waals surface area (Å²) in [7, 11) is 2.03. The normalized spacial score (nSPS) is 25.5. The maximum absolute atomic E-state index is 14.1. The van der Waals surface area contributed by atoms with Gasteiger partial charge < -0.3 is 21.3 Å². The number of carbonyl (C=O) groups is 3. The zero-order valence-electron chi connectivity index (χ0n) is 30.1. The maximum Gasteiger partial charge on any atom is 0.243 e. The fourth-order valence-electron chi connectivity index (χ4n) is 8.74. The van der Waals surface area contributed by atoms with E-state index in [9.17, 15) is 14.4 Å². The Morgan fingerprint density at radius 2 is 1.36 bits per heavy atom. The predicted molar refractivity (Wildman–Crippen MR) is 196 cm³/mol. The van der Waals surface area contributed by atoms with Crippen molar-refractivity contribution in [2.75, 3.05) is 13.6 Å². The van der Waals surface area contributed by atoms with Crippen molar-refractivity contribution in [1.82, 2.24) is 20.4 Å². The van der Waals surface area contributed by atoms with Gasteiger partial charge in [0.1, 0.15) is 6.04 Å². The van der Waals surface area contributed by atoms with Crippen molar-refractivity contribution in [2.45, 2.75) is 115 Å². The van der Waals surface area contributed by atoms with Crippen LogP contribution in [0.15, 0.2) is 66.7 Å². The lowest BCUT2D eigenvalue weighted by molar-refractivity contribution is -0.141. The highest BCUT2D eigenvalue weighted by atomic mass is 16.2. The van der Waals surface area contributed by atoms with Crippen molar-refractivity contribution >= 4 is 17.7 Å². The van der Waals surface area contributed by atoms with Gasteiger partial charge in [-0.3, -0.25) is 19.3 Å². The highest BCUT2D eigenvalue weighted by Crippen LogP contribution is 2.37. The molecule has 3 aromatic rings. The van der Waals surface area contributed by atoms with Crippen LogP contribution in [0.25, 0.3) is 0 Å². The van der Waals surface area contributed by atoms with Gasteiger partial charge in [-0.15, -0.1) is 0 Å². The number of hydrogen-bond acceptors (Lipinski definition) is 5. The largest absolute Gasteiger partial charge is 0.348 e. The standard InChI is InChI=1S/C42H53N5O3/c1-42(2,3)38(43)41(50)47-25-31(23-37(47)40(49)45-35-18-10-14-27-12-6-8-16-33(27)35)28-19-20-29-22-36(46(4)24-30(29)21-28)39(48)44-34-17-9-13-26-11-5-7-15-32(26)34/h5-8,11-12,15-16,19-21,31,34-38H,9-10,13-14,17-18,22-25,43H2,1-4H3,(H,44,48)(H,45,49)/t31?,34?,35-,36?,37?,38-/m1/s1. The first kappa shape index (κ1) is 34.4. The minimum atomic E-state index is -0.714. The van der Waals surface area contributed by atoms with Gasteiger partial charge in [-0.05, 0) is 103 Å². The summed E-state index contributed by atoms with van der Waals surface area (Å²) in [6.45, 7) is 7.03. The molecule has 4 aliphatic rings. The molecular formula is C42H53N5O3. The van der Waals surface area contributed by atoms with Gasteiger partial charge in [0.25, 0.3) is 0 Å². The SMILES string of the molecule is CN1Cc2cc(C3CC(C(=O)N[C@@H]4CCCc5ccccc54)N(C(=O)[C@@H](N)C(C)(C)C)C3)ccc2CC1C(=O)NC1CCCc2ccccc21. The molecule has 4 unspecified atom stereocenters. The molecule has 50 heavy (non-hydrogen) atoms. The van der Waals surface area contributed by atoms with Crippen LogP contribution in [0, 0.1) is 5.41 Å². The number of likely N-dealkylation sites (tertiary alicyclic amines) is 1. The van der Waals surface area contributed by atoms with Crippen LogP contribution in [0.5, 0.6) is 0 Å². The van der Waals surface area contributed by atoms with Crippen LogP contribution < -0.4 is 16.4 Å². The number of rotatable bonds is 6. The Bertz CT molecular complexity index is 1760.